The number of hydrogen-bond acceptors (Lipinski definition) is 7. The molecule has 0 radical (unpaired) electrons. The molecule has 0 spiro atoms. The Kier molecular flexibility index (Phi) is 12.4. The van der Waals surface area contributed by atoms with Crippen LogP contribution in [-0.2, 0) is 56.0 Å². The fraction of sp³-hybridized carbons (Fsp3) is 0.346. The second-order valence-electron chi connectivity index (χ2n) is 17.6. The Morgan fingerprint density at radius 1 is 0.846 bits per heavy atom. The predicted molar refractivity (Wildman–Crippen MR) is 248 cm³/mol. The first-order chi connectivity index (χ1) is 31.4. The van der Waals surface area contributed by atoms with E-state index in [2.05, 4.69) is 35.1 Å². The molecular weight excluding hydrogens is 822 g/mol. The number of anilines is 2. The Balaban J connectivity index is 1.02. The van der Waals surface area contributed by atoms with Gasteiger partial charge in [0.25, 0.3) is 11.8 Å². The molecule has 3 aliphatic rings. The summed E-state index contributed by atoms with van der Waals surface area (Å²) in [6.45, 7) is 11.2. The smallest absolute Gasteiger partial charge is 0.264 e. The van der Waals surface area contributed by atoms with Gasteiger partial charge in [-0.25, -0.2) is 4.39 Å². The summed E-state index contributed by atoms with van der Waals surface area (Å²) in [6.07, 6.45) is 4.83. The number of nitrogens with zero attached hydrogens (tertiary/aromatic N) is 7. The van der Waals surface area contributed by atoms with E-state index in [0.717, 1.165) is 58.7 Å². The van der Waals surface area contributed by atoms with Gasteiger partial charge >= 0.3 is 0 Å². The van der Waals surface area contributed by atoms with Crippen molar-refractivity contribution in [3.05, 3.63) is 153 Å². The number of morpholine rings is 1. The number of fused-ring (bicyclic) bond motifs is 2. The number of halogens is 1. The van der Waals surface area contributed by atoms with Crippen molar-refractivity contribution in [2.45, 2.75) is 59.2 Å². The molecule has 1 fully saturated rings. The number of ether oxygens (including phenoxy) is 2. The number of carbonyl (C=O) groups is 3. The third kappa shape index (κ3) is 8.95. The van der Waals surface area contributed by atoms with E-state index in [1.54, 1.807) is 26.7 Å². The highest BCUT2D eigenvalue weighted by molar-refractivity contribution is 6.12. The number of para-hydroxylation sites is 1. The molecule has 9 rings (SSSR count). The van der Waals surface area contributed by atoms with E-state index in [0.29, 0.717) is 80.5 Å². The lowest BCUT2D eigenvalue weighted by atomic mass is 9.89. The summed E-state index contributed by atoms with van der Waals surface area (Å²) in [6, 6.07) is 26.8. The molecule has 4 aromatic carbocycles. The van der Waals surface area contributed by atoms with Gasteiger partial charge in [0.1, 0.15) is 6.61 Å². The zero-order chi connectivity index (χ0) is 45.4. The zero-order valence-electron chi connectivity index (χ0n) is 37.8. The average molecular weight is 878 g/mol. The van der Waals surface area contributed by atoms with Crippen LogP contribution in [-0.4, -0.2) is 98.8 Å². The molecule has 6 aromatic rings. The van der Waals surface area contributed by atoms with Crippen molar-refractivity contribution in [1.29, 1.82) is 0 Å². The zero-order valence-corrected chi connectivity index (χ0v) is 37.8. The van der Waals surface area contributed by atoms with Crippen LogP contribution in [0.15, 0.2) is 97.3 Å². The van der Waals surface area contributed by atoms with Gasteiger partial charge in [0, 0.05) is 93.8 Å². The Morgan fingerprint density at radius 2 is 1.60 bits per heavy atom. The summed E-state index contributed by atoms with van der Waals surface area (Å²) >= 11 is 0. The van der Waals surface area contributed by atoms with Gasteiger partial charge in [0.05, 0.1) is 37.1 Å². The van der Waals surface area contributed by atoms with Crippen LogP contribution in [0.5, 0.6) is 5.75 Å². The van der Waals surface area contributed by atoms with E-state index < -0.39 is 5.82 Å². The summed E-state index contributed by atoms with van der Waals surface area (Å²) in [7, 11) is 3.75. The minimum atomic E-state index is -0.486. The maximum Gasteiger partial charge on any atom is 0.264 e. The summed E-state index contributed by atoms with van der Waals surface area (Å²) in [5, 5.41) is 4.36. The maximum atomic E-state index is 15.4. The number of carbonyl (C=O) groups excluding carboxylic acids is 3. The Morgan fingerprint density at radius 3 is 2.35 bits per heavy atom. The van der Waals surface area contributed by atoms with Gasteiger partial charge in [-0.3, -0.25) is 28.9 Å². The standard InChI is InChI=1S/C52H56FN7O5/c1-34-23-49(65-22-19-57-17-20-64-21-18-57)47(53)27-40(34)28-50(61)58-16-15-38-25-45(46(26-41(38)31-58)51(62)59-32-39-12-10-9-11-37(39)24-35(59)2)48-29-44(36(3)56(48)5)52(63)60(42-13-7-6-8-14-42)43-30-54-55(4)33-43/h6-14,23,25-27,29-30,33,35H,15-22,24,28,31-32H2,1-5H3/t35-/m1/s1. The maximum absolute atomic E-state index is 15.4. The van der Waals surface area contributed by atoms with Crippen LogP contribution in [0.25, 0.3) is 11.3 Å². The second kappa shape index (κ2) is 18.5. The fourth-order valence-corrected chi connectivity index (χ4v) is 9.48. The molecule has 1 saturated heterocycles. The van der Waals surface area contributed by atoms with Crippen LogP contribution in [0.4, 0.5) is 15.8 Å². The highest BCUT2D eigenvalue weighted by Crippen LogP contribution is 2.37. The molecule has 12 nitrogen and oxygen atoms in total. The Labute approximate surface area is 379 Å². The van der Waals surface area contributed by atoms with E-state index in [-0.39, 0.29) is 35.9 Å². The lowest BCUT2D eigenvalue weighted by molar-refractivity contribution is -0.131. The highest BCUT2D eigenvalue weighted by atomic mass is 19.1. The van der Waals surface area contributed by atoms with Crippen LogP contribution >= 0.6 is 0 Å². The molecule has 0 bridgehead atoms. The normalized spacial score (nSPS) is 16.2. The van der Waals surface area contributed by atoms with E-state index in [9.17, 15) is 9.59 Å². The van der Waals surface area contributed by atoms with Crippen molar-refractivity contribution in [3.8, 4) is 17.0 Å². The molecule has 65 heavy (non-hydrogen) atoms. The van der Waals surface area contributed by atoms with Gasteiger partial charge in [-0.15, -0.1) is 0 Å². The first-order valence-electron chi connectivity index (χ1n) is 22.5. The quantitative estimate of drug-likeness (QED) is 0.132. The Hall–Kier alpha value is -6.57. The SMILES string of the molecule is Cc1cc(OCCN2CCOCC2)c(F)cc1CC(=O)N1CCc2cc(-c3cc(C(=O)N(c4ccccc4)c4cnn(C)c4)c(C)n3C)c(C(=O)N3Cc4ccccc4C[C@H]3C)cc2C1. The minimum absolute atomic E-state index is 0.0409. The van der Waals surface area contributed by atoms with Crippen molar-refractivity contribution in [2.75, 3.05) is 50.9 Å². The first-order valence-corrected chi connectivity index (χ1v) is 22.5. The average Bonchev–Trinajstić information content (AvgIpc) is 3.88. The van der Waals surface area contributed by atoms with E-state index in [4.69, 9.17) is 9.47 Å². The molecule has 0 saturated carbocycles. The van der Waals surface area contributed by atoms with E-state index in [1.807, 2.05) is 98.2 Å². The van der Waals surface area contributed by atoms with Gasteiger partial charge in [0.15, 0.2) is 11.6 Å². The molecule has 2 aromatic heterocycles. The summed E-state index contributed by atoms with van der Waals surface area (Å²) < 4.78 is 30.3. The molecule has 1 atom stereocenters. The second-order valence-corrected chi connectivity index (χ2v) is 17.6. The van der Waals surface area contributed by atoms with Crippen molar-refractivity contribution in [3.63, 3.8) is 0 Å². The topological polar surface area (TPSA) is 105 Å². The van der Waals surface area contributed by atoms with Crippen molar-refractivity contribution >= 4 is 29.1 Å². The number of benzene rings is 4. The van der Waals surface area contributed by atoms with Crippen LogP contribution in [0.2, 0.25) is 0 Å². The Bertz CT molecular complexity index is 2760. The van der Waals surface area contributed by atoms with Gasteiger partial charge in [-0.1, -0.05) is 42.5 Å². The number of amides is 3. The largest absolute Gasteiger partial charge is 0.489 e. The van der Waals surface area contributed by atoms with Crippen LogP contribution in [0, 0.1) is 19.7 Å². The van der Waals surface area contributed by atoms with E-state index in [1.165, 1.54) is 11.6 Å². The third-order valence-corrected chi connectivity index (χ3v) is 13.4. The predicted octanol–water partition coefficient (Wildman–Crippen LogP) is 7.59. The molecule has 3 amide bonds. The van der Waals surface area contributed by atoms with Crippen molar-refractivity contribution < 1.29 is 28.2 Å². The minimum Gasteiger partial charge on any atom is -0.489 e. The fourth-order valence-electron chi connectivity index (χ4n) is 9.48. The van der Waals surface area contributed by atoms with Gasteiger partial charge in [-0.2, -0.15) is 5.10 Å². The molecule has 13 heteroatoms. The van der Waals surface area contributed by atoms with Gasteiger partial charge in [-0.05, 0) is 109 Å². The lowest BCUT2D eigenvalue weighted by Gasteiger charge is -2.36. The summed E-state index contributed by atoms with van der Waals surface area (Å²) in [5.41, 5.74) is 10.3. The molecule has 0 unspecified atom stereocenters. The monoisotopic (exact) mass is 877 g/mol. The molecule has 0 N–H and O–H groups in total. The van der Waals surface area contributed by atoms with Gasteiger partial charge < -0.3 is 23.8 Å². The van der Waals surface area contributed by atoms with Gasteiger partial charge in [0.2, 0.25) is 5.91 Å². The van der Waals surface area contributed by atoms with E-state index >= 15 is 9.18 Å². The van der Waals surface area contributed by atoms with Crippen molar-refractivity contribution in [2.24, 2.45) is 14.1 Å². The number of aromatic nitrogens is 3. The number of rotatable bonds is 11. The lowest BCUT2D eigenvalue weighted by Crippen LogP contribution is -2.43. The van der Waals surface area contributed by atoms with Crippen LogP contribution in [0.1, 0.15) is 66.7 Å². The molecule has 3 aliphatic heterocycles. The third-order valence-electron chi connectivity index (χ3n) is 13.4. The highest BCUT2D eigenvalue weighted by Gasteiger charge is 2.33. The van der Waals surface area contributed by atoms with Crippen LogP contribution in [0.3, 0.4) is 0 Å². The molecule has 336 valence electrons. The summed E-state index contributed by atoms with van der Waals surface area (Å²) in [5.74, 6) is -0.744. The molecule has 0 aliphatic carbocycles. The first kappa shape index (κ1) is 43.7. The molecule has 5 heterocycles. The number of hydrogen-bond donors (Lipinski definition) is 0. The number of aryl methyl sites for hydroxylation is 2. The molecular formula is C52H56FN7O5. The summed E-state index contributed by atoms with van der Waals surface area (Å²) in [4.78, 5) is 51.5. The van der Waals surface area contributed by atoms with Crippen LogP contribution < -0.4 is 9.64 Å². The van der Waals surface area contributed by atoms with Crippen molar-refractivity contribution in [1.82, 2.24) is 29.0 Å².